The third-order valence-electron chi connectivity index (χ3n) is 2.66. The van der Waals surface area contributed by atoms with Crippen LogP contribution in [-0.4, -0.2) is 33.9 Å². The van der Waals surface area contributed by atoms with Crippen molar-refractivity contribution in [2.75, 3.05) is 6.54 Å². The summed E-state index contributed by atoms with van der Waals surface area (Å²) >= 11 is 0. The molecule has 1 rings (SSSR count). The summed E-state index contributed by atoms with van der Waals surface area (Å²) < 4.78 is 0. The summed E-state index contributed by atoms with van der Waals surface area (Å²) in [6.07, 6.45) is -2.08. The Morgan fingerprint density at radius 3 is 2.68 bits per heavy atom. The van der Waals surface area contributed by atoms with E-state index >= 15 is 0 Å². The van der Waals surface area contributed by atoms with Gasteiger partial charge in [-0.15, -0.1) is 0 Å². The van der Waals surface area contributed by atoms with Gasteiger partial charge in [-0.05, 0) is 24.1 Å². The summed E-state index contributed by atoms with van der Waals surface area (Å²) in [5.41, 5.74) is 0.413. The van der Waals surface area contributed by atoms with E-state index in [1.165, 1.54) is 25.1 Å². The van der Waals surface area contributed by atoms with Gasteiger partial charge in [0.05, 0.1) is 11.7 Å². The van der Waals surface area contributed by atoms with Crippen LogP contribution in [-0.2, 0) is 4.79 Å². The van der Waals surface area contributed by atoms with Crippen molar-refractivity contribution >= 4 is 5.91 Å². The van der Waals surface area contributed by atoms with Crippen LogP contribution in [0.15, 0.2) is 18.2 Å². The van der Waals surface area contributed by atoms with Crippen LogP contribution in [0.25, 0.3) is 0 Å². The number of benzene rings is 1. The quantitative estimate of drug-likeness (QED) is 0.606. The highest BCUT2D eigenvalue weighted by molar-refractivity contribution is 5.72. The van der Waals surface area contributed by atoms with E-state index in [4.69, 9.17) is 5.26 Å². The number of aliphatic hydroxyl groups excluding tert-OH is 2. The molecule has 2 atom stereocenters. The number of nitrogens with zero attached hydrogens (tertiary/aromatic N) is 1. The fourth-order valence-corrected chi connectivity index (χ4v) is 1.60. The van der Waals surface area contributed by atoms with E-state index in [0.29, 0.717) is 5.56 Å². The topological polar surface area (TPSA) is 114 Å². The molecular formula is C13H16N2O4. The van der Waals surface area contributed by atoms with E-state index in [1.807, 2.05) is 0 Å². The molecule has 19 heavy (non-hydrogen) atoms. The second-order valence-electron chi connectivity index (χ2n) is 4.17. The molecule has 0 saturated carbocycles. The molecule has 6 nitrogen and oxygen atoms in total. The van der Waals surface area contributed by atoms with E-state index in [-0.39, 0.29) is 30.2 Å². The minimum absolute atomic E-state index is 0.101. The predicted molar refractivity (Wildman–Crippen MR) is 67.1 cm³/mol. The standard InChI is InChI=1S/C13H16N2O4/c1-8(16)15-5-4-11(17)13(19)9-2-3-10(7-14)12(18)6-9/h2-3,6,11,13,17-19H,4-5H2,1H3,(H,15,16). The molecule has 0 aliphatic carbocycles. The third kappa shape index (κ3) is 4.25. The Hall–Kier alpha value is -2.10. The number of hydrogen-bond acceptors (Lipinski definition) is 5. The van der Waals surface area contributed by atoms with Crippen LogP contribution in [0.2, 0.25) is 0 Å². The summed E-state index contributed by atoms with van der Waals surface area (Å²) in [4.78, 5) is 10.7. The number of nitriles is 1. The maximum absolute atomic E-state index is 10.7. The van der Waals surface area contributed by atoms with Crippen molar-refractivity contribution in [1.29, 1.82) is 5.26 Å². The molecule has 0 fully saturated rings. The summed E-state index contributed by atoms with van der Waals surface area (Å²) in [7, 11) is 0. The zero-order valence-electron chi connectivity index (χ0n) is 10.5. The van der Waals surface area contributed by atoms with E-state index in [2.05, 4.69) is 5.32 Å². The molecule has 1 aromatic rings. The van der Waals surface area contributed by atoms with Crippen molar-refractivity contribution in [2.24, 2.45) is 0 Å². The van der Waals surface area contributed by atoms with E-state index < -0.39 is 12.2 Å². The Morgan fingerprint density at radius 1 is 1.47 bits per heavy atom. The lowest BCUT2D eigenvalue weighted by Gasteiger charge is -2.18. The van der Waals surface area contributed by atoms with Gasteiger partial charge in [0.15, 0.2) is 0 Å². The number of aromatic hydroxyl groups is 1. The van der Waals surface area contributed by atoms with Crippen molar-refractivity contribution in [3.63, 3.8) is 0 Å². The Labute approximate surface area is 110 Å². The Balaban J connectivity index is 2.66. The highest BCUT2D eigenvalue weighted by atomic mass is 16.3. The first-order valence-electron chi connectivity index (χ1n) is 5.79. The van der Waals surface area contributed by atoms with Crippen LogP contribution in [0.5, 0.6) is 5.75 Å². The van der Waals surface area contributed by atoms with E-state index in [9.17, 15) is 20.1 Å². The van der Waals surface area contributed by atoms with E-state index in [1.54, 1.807) is 6.07 Å². The molecule has 0 aliphatic rings. The molecule has 6 heteroatoms. The number of carbonyl (C=O) groups is 1. The van der Waals surface area contributed by atoms with Gasteiger partial charge in [0, 0.05) is 13.5 Å². The molecule has 1 amide bonds. The van der Waals surface area contributed by atoms with E-state index in [0.717, 1.165) is 0 Å². The van der Waals surface area contributed by atoms with Gasteiger partial charge in [-0.1, -0.05) is 6.07 Å². The van der Waals surface area contributed by atoms with Gasteiger partial charge in [-0.2, -0.15) is 5.26 Å². The molecule has 4 N–H and O–H groups in total. The average Bonchev–Trinajstić information content (AvgIpc) is 2.37. The van der Waals surface area contributed by atoms with Crippen molar-refractivity contribution in [3.05, 3.63) is 29.3 Å². The number of amides is 1. The number of phenolic OH excluding ortho intramolecular Hbond substituents is 1. The lowest BCUT2D eigenvalue weighted by molar-refractivity contribution is -0.119. The fraction of sp³-hybridized carbons (Fsp3) is 0.385. The molecule has 0 heterocycles. The molecule has 2 unspecified atom stereocenters. The van der Waals surface area contributed by atoms with Gasteiger partial charge < -0.3 is 20.6 Å². The van der Waals surface area contributed by atoms with Crippen molar-refractivity contribution < 1.29 is 20.1 Å². The summed E-state index contributed by atoms with van der Waals surface area (Å²) in [5, 5.41) is 40.3. The zero-order chi connectivity index (χ0) is 14.4. The van der Waals surface area contributed by atoms with Crippen LogP contribution in [0.3, 0.4) is 0 Å². The Bertz CT molecular complexity index is 496. The smallest absolute Gasteiger partial charge is 0.216 e. The average molecular weight is 264 g/mol. The van der Waals surface area contributed by atoms with Crippen molar-refractivity contribution in [2.45, 2.75) is 25.6 Å². The Morgan fingerprint density at radius 2 is 2.16 bits per heavy atom. The number of hydrogen-bond donors (Lipinski definition) is 4. The van der Waals surface area contributed by atoms with Crippen LogP contribution in [0.4, 0.5) is 0 Å². The number of nitrogens with one attached hydrogen (secondary N) is 1. The lowest BCUT2D eigenvalue weighted by Crippen LogP contribution is -2.27. The largest absolute Gasteiger partial charge is 0.507 e. The van der Waals surface area contributed by atoms with Gasteiger partial charge >= 0.3 is 0 Å². The monoisotopic (exact) mass is 264 g/mol. The van der Waals surface area contributed by atoms with Gasteiger partial charge in [0.2, 0.25) is 5.91 Å². The molecule has 0 radical (unpaired) electrons. The predicted octanol–water partition coefficient (Wildman–Crippen LogP) is 0.184. The minimum atomic E-state index is -1.19. The summed E-state index contributed by atoms with van der Waals surface area (Å²) in [6, 6.07) is 5.87. The van der Waals surface area contributed by atoms with Crippen LogP contribution in [0.1, 0.15) is 30.6 Å². The SMILES string of the molecule is CC(=O)NCCC(O)C(O)c1ccc(C#N)c(O)c1. The molecule has 0 aliphatic heterocycles. The second-order valence-corrected chi connectivity index (χ2v) is 4.17. The molecule has 1 aromatic carbocycles. The maximum atomic E-state index is 10.7. The summed E-state index contributed by atoms with van der Waals surface area (Å²) in [6.45, 7) is 1.61. The number of aliphatic hydroxyl groups is 2. The molecule has 0 aromatic heterocycles. The van der Waals surface area contributed by atoms with Gasteiger partial charge in [-0.25, -0.2) is 0 Å². The number of phenols is 1. The second kappa shape index (κ2) is 6.73. The number of carbonyl (C=O) groups excluding carboxylic acids is 1. The minimum Gasteiger partial charge on any atom is -0.507 e. The number of rotatable bonds is 5. The van der Waals surface area contributed by atoms with Crippen molar-refractivity contribution in [1.82, 2.24) is 5.32 Å². The van der Waals surface area contributed by atoms with Gasteiger partial charge in [0.25, 0.3) is 0 Å². The van der Waals surface area contributed by atoms with Crippen LogP contribution < -0.4 is 5.32 Å². The van der Waals surface area contributed by atoms with Crippen LogP contribution >= 0.6 is 0 Å². The molecule has 0 bridgehead atoms. The van der Waals surface area contributed by atoms with Crippen molar-refractivity contribution in [3.8, 4) is 11.8 Å². The first kappa shape index (κ1) is 15.0. The third-order valence-corrected chi connectivity index (χ3v) is 2.66. The lowest BCUT2D eigenvalue weighted by atomic mass is 10.0. The Kier molecular flexibility index (Phi) is 5.30. The highest BCUT2D eigenvalue weighted by Gasteiger charge is 2.19. The highest BCUT2D eigenvalue weighted by Crippen LogP contribution is 2.25. The first-order chi connectivity index (χ1) is 8.95. The first-order valence-corrected chi connectivity index (χ1v) is 5.79. The molecule has 0 saturated heterocycles. The molecule has 102 valence electrons. The van der Waals surface area contributed by atoms with Gasteiger partial charge in [0.1, 0.15) is 17.9 Å². The van der Waals surface area contributed by atoms with Crippen LogP contribution in [0, 0.1) is 11.3 Å². The maximum Gasteiger partial charge on any atom is 0.216 e. The zero-order valence-corrected chi connectivity index (χ0v) is 10.5. The fourth-order valence-electron chi connectivity index (χ4n) is 1.60. The normalized spacial score (nSPS) is 13.4. The van der Waals surface area contributed by atoms with Gasteiger partial charge in [-0.3, -0.25) is 4.79 Å². The molecule has 0 spiro atoms. The molecular weight excluding hydrogens is 248 g/mol. The summed E-state index contributed by atoms with van der Waals surface area (Å²) in [5.74, 6) is -0.453.